The Bertz CT molecular complexity index is 775. The Morgan fingerprint density at radius 3 is 2.67 bits per heavy atom. The Morgan fingerprint density at radius 2 is 2.08 bits per heavy atom. The zero-order valence-electron chi connectivity index (χ0n) is 13.9. The molecule has 6 nitrogen and oxygen atoms in total. The number of aliphatic hydroxyl groups is 1. The third kappa shape index (κ3) is 3.52. The van der Waals surface area contributed by atoms with Crippen LogP contribution < -0.4 is 10.1 Å². The molecule has 2 heterocycles. The maximum absolute atomic E-state index is 14.3. The highest BCUT2D eigenvalue weighted by molar-refractivity contribution is 6.30. The number of ether oxygens (including phenoxy) is 1. The van der Waals surface area contributed by atoms with E-state index in [-0.39, 0.29) is 34.2 Å². The van der Waals surface area contributed by atoms with Crippen LogP contribution >= 0.6 is 11.6 Å². The smallest absolute Gasteiger partial charge is 0.319 e. The molecule has 0 aromatic carbocycles. The average Bonchev–Trinajstić information content (AvgIpc) is 3.28. The Morgan fingerprint density at radius 1 is 1.38 bits per heavy atom. The SMILES string of the molecule is CC(C)(C)Nc1nc(OCC2(CO)CC2)nc2c(F)c(Cl)ncc12. The second-order valence-corrected chi connectivity index (χ2v) is 7.66. The monoisotopic (exact) mass is 354 g/mol. The third-order valence-corrected chi connectivity index (χ3v) is 4.18. The van der Waals surface area contributed by atoms with Gasteiger partial charge >= 0.3 is 6.01 Å². The van der Waals surface area contributed by atoms with Crippen LogP contribution in [0.3, 0.4) is 0 Å². The lowest BCUT2D eigenvalue weighted by Crippen LogP contribution is -2.27. The Kier molecular flexibility index (Phi) is 4.25. The molecule has 1 aliphatic carbocycles. The van der Waals surface area contributed by atoms with E-state index in [1.807, 2.05) is 20.8 Å². The van der Waals surface area contributed by atoms with Crippen LogP contribution in [0.2, 0.25) is 5.15 Å². The van der Waals surface area contributed by atoms with Gasteiger partial charge in [-0.3, -0.25) is 0 Å². The molecule has 130 valence electrons. The van der Waals surface area contributed by atoms with Gasteiger partial charge in [0, 0.05) is 17.2 Å². The summed E-state index contributed by atoms with van der Waals surface area (Å²) >= 11 is 5.77. The van der Waals surface area contributed by atoms with Crippen LogP contribution in [0.5, 0.6) is 6.01 Å². The van der Waals surface area contributed by atoms with Crippen molar-refractivity contribution in [1.82, 2.24) is 15.0 Å². The van der Waals surface area contributed by atoms with Gasteiger partial charge in [0.05, 0.1) is 18.6 Å². The van der Waals surface area contributed by atoms with Gasteiger partial charge in [-0.25, -0.2) is 9.37 Å². The number of aliphatic hydroxyl groups excluding tert-OH is 1. The minimum atomic E-state index is -0.707. The molecule has 2 aromatic heterocycles. The lowest BCUT2D eigenvalue weighted by Gasteiger charge is -2.22. The van der Waals surface area contributed by atoms with Crippen molar-refractivity contribution in [2.45, 2.75) is 39.2 Å². The fourth-order valence-corrected chi connectivity index (χ4v) is 2.41. The minimum absolute atomic E-state index is 0.0511. The lowest BCUT2D eigenvalue weighted by atomic mass is 10.1. The first-order chi connectivity index (χ1) is 11.2. The van der Waals surface area contributed by atoms with E-state index in [2.05, 4.69) is 20.3 Å². The number of pyridine rings is 1. The van der Waals surface area contributed by atoms with Crippen LogP contribution in [-0.2, 0) is 0 Å². The molecule has 0 atom stereocenters. The fourth-order valence-electron chi connectivity index (χ4n) is 2.27. The van der Waals surface area contributed by atoms with Crippen molar-refractivity contribution in [3.8, 4) is 6.01 Å². The molecule has 0 amide bonds. The largest absolute Gasteiger partial charge is 0.463 e. The van der Waals surface area contributed by atoms with E-state index >= 15 is 0 Å². The van der Waals surface area contributed by atoms with Gasteiger partial charge in [-0.05, 0) is 33.6 Å². The van der Waals surface area contributed by atoms with Crippen molar-refractivity contribution in [3.63, 3.8) is 0 Å². The van der Waals surface area contributed by atoms with Gasteiger partial charge in [-0.2, -0.15) is 9.97 Å². The summed E-state index contributed by atoms with van der Waals surface area (Å²) < 4.78 is 20.0. The van der Waals surface area contributed by atoms with Crippen molar-refractivity contribution in [1.29, 1.82) is 0 Å². The van der Waals surface area contributed by atoms with Crippen LogP contribution in [0.25, 0.3) is 10.9 Å². The van der Waals surface area contributed by atoms with Crippen LogP contribution in [0.4, 0.5) is 10.2 Å². The van der Waals surface area contributed by atoms with E-state index < -0.39 is 5.82 Å². The molecule has 0 saturated heterocycles. The van der Waals surface area contributed by atoms with Crippen LogP contribution in [-0.4, -0.2) is 38.8 Å². The van der Waals surface area contributed by atoms with E-state index in [0.29, 0.717) is 17.8 Å². The van der Waals surface area contributed by atoms with Gasteiger partial charge in [-0.15, -0.1) is 0 Å². The predicted molar refractivity (Wildman–Crippen MR) is 89.9 cm³/mol. The van der Waals surface area contributed by atoms with Crippen molar-refractivity contribution in [3.05, 3.63) is 17.2 Å². The number of halogens is 2. The van der Waals surface area contributed by atoms with E-state index in [4.69, 9.17) is 16.3 Å². The summed E-state index contributed by atoms with van der Waals surface area (Å²) in [6.45, 7) is 6.24. The van der Waals surface area contributed by atoms with Gasteiger partial charge in [0.1, 0.15) is 11.3 Å². The lowest BCUT2D eigenvalue weighted by molar-refractivity contribution is 0.140. The highest BCUT2D eigenvalue weighted by atomic mass is 35.5. The van der Waals surface area contributed by atoms with Crippen molar-refractivity contribution in [2.75, 3.05) is 18.5 Å². The normalized spacial score (nSPS) is 16.2. The second-order valence-electron chi connectivity index (χ2n) is 7.30. The Balaban J connectivity index is 2.01. The van der Waals surface area contributed by atoms with Gasteiger partial charge in [0.25, 0.3) is 0 Å². The van der Waals surface area contributed by atoms with E-state index in [1.165, 1.54) is 6.20 Å². The quantitative estimate of drug-likeness (QED) is 0.803. The van der Waals surface area contributed by atoms with Gasteiger partial charge in [-0.1, -0.05) is 11.6 Å². The molecule has 2 aromatic rings. The maximum atomic E-state index is 14.3. The van der Waals surface area contributed by atoms with E-state index in [9.17, 15) is 9.50 Å². The molecule has 1 fully saturated rings. The molecule has 8 heteroatoms. The van der Waals surface area contributed by atoms with Crippen molar-refractivity contribution < 1.29 is 14.2 Å². The second kappa shape index (κ2) is 5.97. The van der Waals surface area contributed by atoms with Crippen molar-refractivity contribution in [2.24, 2.45) is 5.41 Å². The molecule has 0 bridgehead atoms. The highest BCUT2D eigenvalue weighted by Crippen LogP contribution is 2.45. The molecule has 0 aliphatic heterocycles. The maximum Gasteiger partial charge on any atom is 0.319 e. The number of aromatic nitrogens is 3. The summed E-state index contributed by atoms with van der Waals surface area (Å²) in [4.78, 5) is 12.3. The van der Waals surface area contributed by atoms with Crippen LogP contribution in [0.15, 0.2) is 6.20 Å². The number of nitrogens with zero attached hydrogens (tertiary/aromatic N) is 3. The number of anilines is 1. The fraction of sp³-hybridized carbons (Fsp3) is 0.562. The molecule has 24 heavy (non-hydrogen) atoms. The molecule has 0 spiro atoms. The first-order valence-corrected chi connectivity index (χ1v) is 8.14. The number of hydrogen-bond acceptors (Lipinski definition) is 6. The predicted octanol–water partition coefficient (Wildman–Crippen LogP) is 3.18. The zero-order valence-corrected chi connectivity index (χ0v) is 14.6. The summed E-state index contributed by atoms with van der Waals surface area (Å²) in [5.41, 5.74) is -0.456. The summed E-state index contributed by atoms with van der Waals surface area (Å²) in [6.07, 6.45) is 3.23. The summed E-state index contributed by atoms with van der Waals surface area (Å²) in [6, 6.07) is 0.0511. The zero-order chi connectivity index (χ0) is 17.5. The Labute approximate surface area is 144 Å². The van der Waals surface area contributed by atoms with E-state index in [0.717, 1.165) is 12.8 Å². The molecule has 0 radical (unpaired) electrons. The van der Waals surface area contributed by atoms with Gasteiger partial charge in [0.2, 0.25) is 0 Å². The molecular weight excluding hydrogens is 335 g/mol. The topological polar surface area (TPSA) is 80.2 Å². The van der Waals surface area contributed by atoms with Gasteiger partial charge in [0.15, 0.2) is 11.0 Å². The first kappa shape index (κ1) is 17.1. The molecule has 2 N–H and O–H groups in total. The summed E-state index contributed by atoms with van der Waals surface area (Å²) in [5.74, 6) is -0.277. The number of hydrogen-bond donors (Lipinski definition) is 2. The molecule has 3 rings (SSSR count). The average molecular weight is 355 g/mol. The summed E-state index contributed by atoms with van der Waals surface area (Å²) in [5, 5.41) is 12.8. The molecular formula is C16H20ClFN4O2. The number of fused-ring (bicyclic) bond motifs is 1. The standard InChI is InChI=1S/C16H20ClFN4O2/c1-15(2,3)22-13-9-6-19-12(17)10(18)11(9)20-14(21-13)24-8-16(7-23)4-5-16/h6,23H,4-5,7-8H2,1-3H3,(H,20,21,22). The molecule has 1 saturated carbocycles. The first-order valence-electron chi connectivity index (χ1n) is 7.77. The molecule has 1 aliphatic rings. The molecule has 0 unspecified atom stereocenters. The highest BCUT2D eigenvalue weighted by Gasteiger charge is 2.43. The van der Waals surface area contributed by atoms with E-state index in [1.54, 1.807) is 0 Å². The Hall–Kier alpha value is -1.73. The number of nitrogens with one attached hydrogen (secondary N) is 1. The third-order valence-electron chi connectivity index (χ3n) is 3.91. The van der Waals surface area contributed by atoms with Crippen LogP contribution in [0.1, 0.15) is 33.6 Å². The van der Waals surface area contributed by atoms with Crippen LogP contribution in [0, 0.1) is 11.2 Å². The van der Waals surface area contributed by atoms with Crippen molar-refractivity contribution >= 4 is 28.3 Å². The number of rotatable bonds is 5. The van der Waals surface area contributed by atoms with Gasteiger partial charge < -0.3 is 15.2 Å². The summed E-state index contributed by atoms with van der Waals surface area (Å²) in [7, 11) is 0. The minimum Gasteiger partial charge on any atom is -0.463 e.